The number of aliphatic hydroxyl groups excluding tert-OH is 1. The third kappa shape index (κ3) is 5.88. The summed E-state index contributed by atoms with van der Waals surface area (Å²) in [6.07, 6.45) is 1.74. The van der Waals surface area contributed by atoms with E-state index in [4.69, 9.17) is 5.11 Å². The van der Waals surface area contributed by atoms with E-state index in [9.17, 15) is 4.79 Å². The fourth-order valence-electron chi connectivity index (χ4n) is 1.68. The topological polar surface area (TPSA) is 74.2 Å². The first-order chi connectivity index (χ1) is 9.34. The van der Waals surface area contributed by atoms with Crippen LogP contribution < -0.4 is 10.6 Å². The van der Waals surface area contributed by atoms with E-state index in [2.05, 4.69) is 15.6 Å². The van der Waals surface area contributed by atoms with Gasteiger partial charge in [-0.3, -0.25) is 0 Å². The van der Waals surface area contributed by atoms with Crippen molar-refractivity contribution >= 4 is 17.4 Å². The maximum absolute atomic E-state index is 11.6. The highest BCUT2D eigenvalue weighted by Crippen LogP contribution is 2.20. The number of nitrogens with one attached hydrogen (secondary N) is 2. The van der Waals surface area contributed by atoms with E-state index in [-0.39, 0.29) is 18.1 Å². The van der Waals surface area contributed by atoms with E-state index in [1.807, 2.05) is 27.7 Å². The average Bonchev–Trinajstić information content (AvgIpc) is 2.72. The number of carbonyl (C=O) groups is 1. The number of rotatable bonds is 7. The first-order valence-corrected chi connectivity index (χ1v) is 7.71. The summed E-state index contributed by atoms with van der Waals surface area (Å²) in [5.41, 5.74) is 0.951. The second-order valence-corrected chi connectivity index (χ2v) is 7.07. The Bertz CT molecular complexity index is 424. The van der Waals surface area contributed by atoms with Crippen molar-refractivity contribution in [3.8, 4) is 0 Å². The largest absolute Gasteiger partial charge is 0.396 e. The van der Waals surface area contributed by atoms with Gasteiger partial charge in [0.25, 0.3) is 0 Å². The molecule has 2 amide bonds. The Balaban J connectivity index is 2.18. The Labute approximate surface area is 124 Å². The van der Waals surface area contributed by atoms with Crippen molar-refractivity contribution in [2.75, 3.05) is 13.2 Å². The summed E-state index contributed by atoms with van der Waals surface area (Å²) in [6.45, 7) is 9.28. The zero-order chi connectivity index (χ0) is 15.2. The molecule has 1 rings (SSSR count). The number of thiazole rings is 1. The van der Waals surface area contributed by atoms with Gasteiger partial charge in [0.05, 0.1) is 12.2 Å². The summed E-state index contributed by atoms with van der Waals surface area (Å²) < 4.78 is 0. The van der Waals surface area contributed by atoms with Crippen LogP contribution in [0.15, 0.2) is 0 Å². The number of urea groups is 1. The minimum absolute atomic E-state index is 0.0753. The molecule has 0 bridgehead atoms. The van der Waals surface area contributed by atoms with E-state index in [0.29, 0.717) is 13.1 Å². The first-order valence-electron chi connectivity index (χ1n) is 6.89. The number of aryl methyl sites for hydroxylation is 2. The molecule has 0 saturated carbocycles. The summed E-state index contributed by atoms with van der Waals surface area (Å²) in [6, 6.07) is -0.169. The number of aromatic nitrogens is 1. The van der Waals surface area contributed by atoms with Crippen LogP contribution in [0.4, 0.5) is 4.79 Å². The molecule has 0 saturated heterocycles. The van der Waals surface area contributed by atoms with Crippen LogP contribution in [0.2, 0.25) is 0 Å². The molecule has 0 aromatic carbocycles. The Morgan fingerprint density at radius 2 is 2.05 bits per heavy atom. The van der Waals surface area contributed by atoms with Gasteiger partial charge in [0.1, 0.15) is 5.01 Å². The zero-order valence-electron chi connectivity index (χ0n) is 12.7. The van der Waals surface area contributed by atoms with Crippen molar-refractivity contribution in [3.05, 3.63) is 15.6 Å². The van der Waals surface area contributed by atoms with Crippen LogP contribution in [-0.4, -0.2) is 29.3 Å². The molecule has 0 atom stereocenters. The lowest BCUT2D eigenvalue weighted by molar-refractivity contribution is 0.148. The van der Waals surface area contributed by atoms with Crippen LogP contribution in [0, 0.1) is 19.3 Å². The summed E-state index contributed by atoms with van der Waals surface area (Å²) in [7, 11) is 0. The highest BCUT2D eigenvalue weighted by atomic mass is 32.1. The van der Waals surface area contributed by atoms with Crippen LogP contribution in [0.25, 0.3) is 0 Å². The van der Waals surface area contributed by atoms with Gasteiger partial charge in [-0.05, 0) is 32.1 Å². The molecule has 114 valence electrons. The highest BCUT2D eigenvalue weighted by molar-refractivity contribution is 7.11. The van der Waals surface area contributed by atoms with Gasteiger partial charge in [-0.15, -0.1) is 11.3 Å². The molecule has 0 fully saturated rings. The molecule has 1 heterocycles. The standard InChI is InChI=1S/C14H25N3O2S/c1-10-11(2)20-12(17-10)8-16-13(19)15-7-5-6-14(3,4)9-18/h18H,5-9H2,1-4H3,(H2,15,16,19). The second kappa shape index (κ2) is 7.59. The maximum atomic E-state index is 11.6. The van der Waals surface area contributed by atoms with E-state index >= 15 is 0 Å². The van der Waals surface area contributed by atoms with Gasteiger partial charge >= 0.3 is 6.03 Å². The maximum Gasteiger partial charge on any atom is 0.315 e. The average molecular weight is 299 g/mol. The predicted octanol–water partition coefficient (Wildman–Crippen LogP) is 2.36. The Hall–Kier alpha value is -1.14. The molecule has 5 nitrogen and oxygen atoms in total. The molecule has 0 aliphatic heterocycles. The molecule has 1 aromatic rings. The molecule has 6 heteroatoms. The number of amides is 2. The molecule has 3 N–H and O–H groups in total. The molecule has 1 aromatic heterocycles. The Kier molecular flexibility index (Phi) is 6.42. The molecule has 0 spiro atoms. The van der Waals surface area contributed by atoms with Crippen LogP contribution >= 0.6 is 11.3 Å². The van der Waals surface area contributed by atoms with Gasteiger partial charge in [-0.2, -0.15) is 0 Å². The SMILES string of the molecule is Cc1nc(CNC(=O)NCCCC(C)(C)CO)sc1C. The van der Waals surface area contributed by atoms with Crippen molar-refractivity contribution in [2.45, 2.75) is 47.1 Å². The predicted molar refractivity (Wildman–Crippen MR) is 81.9 cm³/mol. The number of hydrogen-bond donors (Lipinski definition) is 3. The lowest BCUT2D eigenvalue weighted by atomic mass is 9.89. The number of nitrogens with zero attached hydrogens (tertiary/aromatic N) is 1. The molecular weight excluding hydrogens is 274 g/mol. The monoisotopic (exact) mass is 299 g/mol. The van der Waals surface area contributed by atoms with Crippen molar-refractivity contribution in [2.24, 2.45) is 5.41 Å². The van der Waals surface area contributed by atoms with E-state index < -0.39 is 0 Å². The Morgan fingerprint density at radius 1 is 1.35 bits per heavy atom. The highest BCUT2D eigenvalue weighted by Gasteiger charge is 2.15. The van der Waals surface area contributed by atoms with E-state index in [0.717, 1.165) is 23.5 Å². The van der Waals surface area contributed by atoms with Gasteiger partial charge in [0, 0.05) is 18.0 Å². The molecule has 0 aliphatic carbocycles. The van der Waals surface area contributed by atoms with Crippen molar-refractivity contribution < 1.29 is 9.90 Å². The smallest absolute Gasteiger partial charge is 0.315 e. The van der Waals surface area contributed by atoms with Gasteiger partial charge < -0.3 is 15.7 Å². The van der Waals surface area contributed by atoms with Gasteiger partial charge in [-0.25, -0.2) is 9.78 Å². The minimum Gasteiger partial charge on any atom is -0.396 e. The Morgan fingerprint density at radius 3 is 2.60 bits per heavy atom. The van der Waals surface area contributed by atoms with Gasteiger partial charge in [0.2, 0.25) is 0 Å². The summed E-state index contributed by atoms with van der Waals surface area (Å²) in [4.78, 5) is 17.2. The third-order valence-corrected chi connectivity index (χ3v) is 4.29. The van der Waals surface area contributed by atoms with Gasteiger partial charge in [-0.1, -0.05) is 13.8 Å². The molecule has 0 radical (unpaired) electrons. The third-order valence-electron chi connectivity index (χ3n) is 3.22. The number of aliphatic hydroxyl groups is 1. The van der Waals surface area contributed by atoms with E-state index in [1.165, 1.54) is 4.88 Å². The summed E-state index contributed by atoms with van der Waals surface area (Å²) >= 11 is 1.61. The lowest BCUT2D eigenvalue weighted by Crippen LogP contribution is -2.36. The normalized spacial score (nSPS) is 11.4. The fourth-order valence-corrected chi connectivity index (χ4v) is 2.55. The van der Waals surface area contributed by atoms with Crippen molar-refractivity contribution in [1.29, 1.82) is 0 Å². The fraction of sp³-hybridized carbons (Fsp3) is 0.714. The first kappa shape index (κ1) is 16.9. The lowest BCUT2D eigenvalue weighted by Gasteiger charge is -2.21. The van der Waals surface area contributed by atoms with Crippen LogP contribution in [-0.2, 0) is 6.54 Å². The van der Waals surface area contributed by atoms with Crippen LogP contribution in [0.5, 0.6) is 0 Å². The zero-order valence-corrected chi connectivity index (χ0v) is 13.6. The number of carbonyl (C=O) groups excluding carboxylic acids is 1. The molecule has 0 aliphatic rings. The van der Waals surface area contributed by atoms with Crippen molar-refractivity contribution in [3.63, 3.8) is 0 Å². The van der Waals surface area contributed by atoms with Crippen molar-refractivity contribution in [1.82, 2.24) is 15.6 Å². The minimum atomic E-state index is -0.169. The van der Waals surface area contributed by atoms with E-state index in [1.54, 1.807) is 11.3 Å². The van der Waals surface area contributed by atoms with Crippen LogP contribution in [0.1, 0.15) is 42.3 Å². The molecular formula is C14H25N3O2S. The van der Waals surface area contributed by atoms with Gasteiger partial charge in [0.15, 0.2) is 0 Å². The number of hydrogen-bond acceptors (Lipinski definition) is 4. The summed E-state index contributed by atoms with van der Waals surface area (Å²) in [5, 5.41) is 15.7. The second-order valence-electron chi connectivity index (χ2n) is 5.78. The summed E-state index contributed by atoms with van der Waals surface area (Å²) in [5.74, 6) is 0. The molecule has 20 heavy (non-hydrogen) atoms. The molecule has 0 unspecified atom stereocenters. The van der Waals surface area contributed by atoms with Crippen LogP contribution in [0.3, 0.4) is 0 Å². The quantitative estimate of drug-likeness (QED) is 0.677.